The van der Waals surface area contributed by atoms with Crippen LogP contribution in [0.25, 0.3) is 32.7 Å². The minimum atomic E-state index is -0.673. The number of aliphatic hydroxyl groups excluding tert-OH is 1. The van der Waals surface area contributed by atoms with Gasteiger partial charge >= 0.3 is 0 Å². The van der Waals surface area contributed by atoms with Crippen molar-refractivity contribution in [2.75, 3.05) is 0 Å². The minimum Gasteiger partial charge on any atom is -0.507 e. The first kappa shape index (κ1) is 26.9. The van der Waals surface area contributed by atoms with Crippen molar-refractivity contribution < 1.29 is 40.5 Å². The summed E-state index contributed by atoms with van der Waals surface area (Å²) in [4.78, 5) is 12.0. The number of hydrogen-bond donors (Lipinski definition) is 7. The van der Waals surface area contributed by atoms with Crippen LogP contribution in [0.5, 0.6) is 34.5 Å². The van der Waals surface area contributed by atoms with Gasteiger partial charge in [0.1, 0.15) is 11.5 Å². The van der Waals surface area contributed by atoms with Gasteiger partial charge in [-0.05, 0) is 47.6 Å². The summed E-state index contributed by atoms with van der Waals surface area (Å²) in [5.74, 6) is -3.22. The number of aliphatic hydroxyl groups is 1. The Hall–Kier alpha value is -4.17. The molecule has 200 valence electrons. The molecule has 0 fully saturated rings. The van der Waals surface area contributed by atoms with E-state index in [1.54, 1.807) is 39.8 Å². The molecule has 0 aromatic heterocycles. The van der Waals surface area contributed by atoms with Crippen LogP contribution in [0, 0.1) is 13.8 Å². The lowest BCUT2D eigenvalue weighted by Crippen LogP contribution is -2.01. The van der Waals surface area contributed by atoms with Crippen LogP contribution in [0.2, 0.25) is 0 Å². The fraction of sp³-hybridized carbons (Fsp3) is 0.300. The molecule has 38 heavy (non-hydrogen) atoms. The second-order valence-electron chi connectivity index (χ2n) is 10.4. The highest BCUT2D eigenvalue weighted by Crippen LogP contribution is 2.54. The highest BCUT2D eigenvalue weighted by molar-refractivity contribution is 6.12. The van der Waals surface area contributed by atoms with Crippen molar-refractivity contribution in [2.45, 2.75) is 60.0 Å². The lowest BCUT2D eigenvalue weighted by Gasteiger charge is -2.23. The number of hydrogen-bond acceptors (Lipinski definition) is 8. The molecule has 4 rings (SSSR count). The molecule has 0 unspecified atom stereocenters. The number of rotatable bonds is 5. The van der Waals surface area contributed by atoms with Crippen LogP contribution in [-0.4, -0.2) is 42.0 Å². The van der Waals surface area contributed by atoms with Crippen molar-refractivity contribution in [2.24, 2.45) is 0 Å². The Kier molecular flexibility index (Phi) is 6.57. The third kappa shape index (κ3) is 3.59. The van der Waals surface area contributed by atoms with E-state index in [9.17, 15) is 40.5 Å². The van der Waals surface area contributed by atoms with E-state index in [0.29, 0.717) is 39.3 Å². The molecular weight excluding hydrogens is 488 g/mol. The van der Waals surface area contributed by atoms with E-state index in [0.717, 1.165) is 0 Å². The Labute approximate surface area is 219 Å². The largest absolute Gasteiger partial charge is 0.507 e. The van der Waals surface area contributed by atoms with Crippen molar-refractivity contribution in [1.29, 1.82) is 0 Å². The highest BCUT2D eigenvalue weighted by Gasteiger charge is 2.29. The second-order valence-corrected chi connectivity index (χ2v) is 10.4. The zero-order chi connectivity index (χ0) is 28.4. The van der Waals surface area contributed by atoms with Crippen molar-refractivity contribution in [3.8, 4) is 45.6 Å². The molecule has 0 aliphatic rings. The zero-order valence-electron chi connectivity index (χ0n) is 22.1. The van der Waals surface area contributed by atoms with Crippen molar-refractivity contribution in [3.63, 3.8) is 0 Å². The van der Waals surface area contributed by atoms with E-state index in [1.807, 2.05) is 13.8 Å². The molecule has 4 aromatic carbocycles. The maximum Gasteiger partial charge on any atom is 0.169 e. The van der Waals surface area contributed by atoms with Gasteiger partial charge in [0.2, 0.25) is 0 Å². The summed E-state index contributed by atoms with van der Waals surface area (Å²) in [5.41, 5.74) is 1.79. The lowest BCUT2D eigenvalue weighted by atomic mass is 9.83. The first-order chi connectivity index (χ1) is 17.8. The molecule has 0 bridgehead atoms. The summed E-state index contributed by atoms with van der Waals surface area (Å²) in [7, 11) is 0. The number of phenols is 6. The average molecular weight is 521 g/mol. The molecule has 7 N–H and O–H groups in total. The van der Waals surface area contributed by atoms with Crippen molar-refractivity contribution in [3.05, 3.63) is 45.5 Å². The van der Waals surface area contributed by atoms with Crippen LogP contribution in [-0.2, 0) is 6.61 Å². The topological polar surface area (TPSA) is 159 Å². The summed E-state index contributed by atoms with van der Waals surface area (Å²) in [6.07, 6.45) is 0.354. The van der Waals surface area contributed by atoms with Gasteiger partial charge < -0.3 is 35.7 Å². The van der Waals surface area contributed by atoms with Gasteiger partial charge in [0.15, 0.2) is 29.3 Å². The molecule has 0 heterocycles. The molecule has 0 amide bonds. The SMILES string of the molecule is Cc1cc2c(C(C)C)c(O)c(O)c(C=O)c2c(O)c1-c1c(C)cc2c(C(C)C)c(O)c(O)c(CO)c2c1O. The van der Waals surface area contributed by atoms with E-state index in [-0.39, 0.29) is 62.1 Å². The van der Waals surface area contributed by atoms with Gasteiger partial charge in [-0.1, -0.05) is 39.8 Å². The quantitative estimate of drug-likeness (QED) is 0.123. The predicted molar refractivity (Wildman–Crippen MR) is 146 cm³/mol. The number of aldehydes is 1. The molecule has 8 heteroatoms. The molecule has 0 spiro atoms. The van der Waals surface area contributed by atoms with Crippen LogP contribution >= 0.6 is 0 Å². The normalized spacial score (nSPS) is 11.8. The minimum absolute atomic E-state index is 0.0253. The first-order valence-electron chi connectivity index (χ1n) is 12.3. The first-order valence-corrected chi connectivity index (χ1v) is 12.3. The number of benzene rings is 4. The third-order valence-electron chi connectivity index (χ3n) is 7.33. The Balaban J connectivity index is 2.26. The molecule has 0 aliphatic heterocycles. The summed E-state index contributed by atoms with van der Waals surface area (Å²) < 4.78 is 0. The fourth-order valence-electron chi connectivity index (χ4n) is 5.69. The van der Waals surface area contributed by atoms with E-state index in [1.165, 1.54) is 0 Å². The maximum atomic E-state index is 12.0. The fourth-order valence-corrected chi connectivity index (χ4v) is 5.69. The van der Waals surface area contributed by atoms with Gasteiger partial charge in [-0.2, -0.15) is 0 Å². The number of phenolic OH excluding ortho intramolecular Hbond substituents is 5. The zero-order valence-corrected chi connectivity index (χ0v) is 22.1. The lowest BCUT2D eigenvalue weighted by molar-refractivity contribution is 0.112. The molecule has 0 saturated heterocycles. The molecule has 0 saturated carbocycles. The van der Waals surface area contributed by atoms with E-state index in [4.69, 9.17) is 0 Å². The smallest absolute Gasteiger partial charge is 0.169 e. The third-order valence-corrected chi connectivity index (χ3v) is 7.33. The number of carbonyl (C=O) groups is 1. The summed E-state index contributed by atoms with van der Waals surface area (Å²) in [6, 6.07) is 3.38. The summed E-state index contributed by atoms with van der Waals surface area (Å²) in [5, 5.41) is 76.9. The Morgan fingerprint density at radius 3 is 1.50 bits per heavy atom. The number of aryl methyl sites for hydroxylation is 2. The molecular formula is C30H32O8. The Morgan fingerprint density at radius 2 is 1.08 bits per heavy atom. The summed E-state index contributed by atoms with van der Waals surface area (Å²) in [6.45, 7) is 9.99. The monoisotopic (exact) mass is 520 g/mol. The van der Waals surface area contributed by atoms with Crippen LogP contribution in [0.1, 0.15) is 77.7 Å². The van der Waals surface area contributed by atoms with Gasteiger partial charge in [0.25, 0.3) is 0 Å². The van der Waals surface area contributed by atoms with Gasteiger partial charge in [-0.25, -0.2) is 0 Å². The maximum absolute atomic E-state index is 12.0. The Bertz CT molecular complexity index is 1650. The van der Waals surface area contributed by atoms with Gasteiger partial charge in [0.05, 0.1) is 12.2 Å². The number of carbonyl (C=O) groups excluding carboxylic acids is 1. The molecule has 4 aromatic rings. The van der Waals surface area contributed by atoms with E-state index in [2.05, 4.69) is 0 Å². The van der Waals surface area contributed by atoms with Crippen LogP contribution in [0.15, 0.2) is 12.1 Å². The summed E-state index contributed by atoms with van der Waals surface area (Å²) >= 11 is 0. The van der Waals surface area contributed by atoms with Crippen LogP contribution in [0.3, 0.4) is 0 Å². The Morgan fingerprint density at radius 1 is 0.658 bits per heavy atom. The van der Waals surface area contributed by atoms with E-state index < -0.39 is 23.9 Å². The van der Waals surface area contributed by atoms with Gasteiger partial charge in [-0.15, -0.1) is 0 Å². The average Bonchev–Trinajstić information content (AvgIpc) is 2.83. The molecule has 0 atom stereocenters. The number of fused-ring (bicyclic) bond motifs is 2. The van der Waals surface area contributed by atoms with Gasteiger partial charge in [0, 0.05) is 38.6 Å². The van der Waals surface area contributed by atoms with Crippen LogP contribution < -0.4 is 0 Å². The van der Waals surface area contributed by atoms with Crippen molar-refractivity contribution >= 4 is 27.8 Å². The van der Waals surface area contributed by atoms with Crippen LogP contribution in [0.4, 0.5) is 0 Å². The number of aromatic hydroxyl groups is 6. The van der Waals surface area contributed by atoms with Gasteiger partial charge in [-0.3, -0.25) is 4.79 Å². The highest BCUT2D eigenvalue weighted by atomic mass is 16.3. The second kappa shape index (κ2) is 9.29. The molecule has 0 radical (unpaired) electrons. The van der Waals surface area contributed by atoms with Crippen molar-refractivity contribution in [1.82, 2.24) is 0 Å². The predicted octanol–water partition coefficient (Wildman–Crippen LogP) is 6.06. The molecule has 8 nitrogen and oxygen atoms in total. The molecule has 0 aliphatic carbocycles. The van der Waals surface area contributed by atoms with E-state index >= 15 is 0 Å². The standard InChI is InChI=1S/C30H32O8/c1-11(2)19-15-7-13(5)21(27(35)23(15)17(9-31)25(33)29(19)37)22-14(6)8-16-20(12(3)4)30(38)26(34)18(10-32)24(16)28(22)36/h7-9,11-12,32-38H,10H2,1-6H3.